The molecule has 0 saturated carbocycles. The molecule has 1 rings (SSSR count). The third-order valence-electron chi connectivity index (χ3n) is 2.56. The van der Waals surface area contributed by atoms with Gasteiger partial charge >= 0.3 is 5.97 Å². The number of aromatic carboxylic acids is 1. The van der Waals surface area contributed by atoms with Gasteiger partial charge in [-0.3, -0.25) is 0 Å². The van der Waals surface area contributed by atoms with E-state index in [4.69, 9.17) is 5.11 Å². The van der Waals surface area contributed by atoms with Crippen LogP contribution in [-0.2, 0) is 19.7 Å². The molecule has 0 saturated heterocycles. The zero-order valence-electron chi connectivity index (χ0n) is 10.2. The minimum absolute atomic E-state index is 0.0277. The fraction of sp³-hybridized carbons (Fsp3) is 0.364. The van der Waals surface area contributed by atoms with Crippen LogP contribution in [0.2, 0.25) is 0 Å². The zero-order chi connectivity index (χ0) is 14.7. The maximum absolute atomic E-state index is 11.9. The summed E-state index contributed by atoms with van der Waals surface area (Å²) in [6, 6.07) is 4.67. The molecule has 0 aliphatic heterocycles. The van der Waals surface area contributed by atoms with Gasteiger partial charge < -0.3 is 5.11 Å². The first-order valence-electron chi connectivity index (χ1n) is 5.44. The first-order valence-corrected chi connectivity index (χ1v) is 8.92. The van der Waals surface area contributed by atoms with Gasteiger partial charge in [-0.15, -0.1) is 0 Å². The topological polar surface area (TPSA) is 106 Å². The third kappa shape index (κ3) is 4.32. The fourth-order valence-electron chi connectivity index (χ4n) is 1.30. The van der Waals surface area contributed by atoms with Crippen molar-refractivity contribution in [2.45, 2.75) is 11.8 Å². The van der Waals surface area contributed by atoms with E-state index in [0.29, 0.717) is 0 Å². The average Bonchev–Trinajstić information content (AvgIpc) is 2.37. The Kier molecular flexibility index (Phi) is 4.70. The van der Waals surface area contributed by atoms with Crippen molar-refractivity contribution in [3.05, 3.63) is 29.8 Å². The van der Waals surface area contributed by atoms with E-state index < -0.39 is 37.1 Å². The molecule has 106 valence electrons. The van der Waals surface area contributed by atoms with Gasteiger partial charge in [0, 0.05) is 5.75 Å². The normalized spacial score (nSPS) is 12.3. The van der Waals surface area contributed by atoms with Crippen molar-refractivity contribution in [3.63, 3.8) is 0 Å². The molecule has 1 N–H and O–H groups in total. The highest BCUT2D eigenvalue weighted by Gasteiger charge is 2.19. The molecular weight excluding hydrogens is 292 g/mol. The van der Waals surface area contributed by atoms with Crippen molar-refractivity contribution >= 4 is 25.6 Å². The van der Waals surface area contributed by atoms with Crippen LogP contribution in [0.1, 0.15) is 17.3 Å². The van der Waals surface area contributed by atoms with Crippen LogP contribution in [0.4, 0.5) is 0 Å². The molecule has 0 aliphatic rings. The zero-order valence-corrected chi connectivity index (χ0v) is 11.9. The maximum Gasteiger partial charge on any atom is 0.335 e. The third-order valence-corrected chi connectivity index (χ3v) is 6.26. The molecule has 0 fully saturated rings. The lowest BCUT2D eigenvalue weighted by molar-refractivity contribution is 0.0696. The summed E-state index contributed by atoms with van der Waals surface area (Å²) >= 11 is 0. The largest absolute Gasteiger partial charge is 0.478 e. The van der Waals surface area contributed by atoms with Gasteiger partial charge in [0.15, 0.2) is 19.7 Å². The number of hydrogen-bond donors (Lipinski definition) is 1. The highest BCUT2D eigenvalue weighted by atomic mass is 32.2. The molecule has 8 heteroatoms. The highest BCUT2D eigenvalue weighted by molar-refractivity contribution is 7.95. The molecule has 6 nitrogen and oxygen atoms in total. The second kappa shape index (κ2) is 5.70. The molecule has 0 heterocycles. The molecule has 0 aliphatic carbocycles. The van der Waals surface area contributed by atoms with E-state index in [1.807, 2.05) is 0 Å². The van der Waals surface area contributed by atoms with Crippen LogP contribution in [0.15, 0.2) is 29.2 Å². The van der Waals surface area contributed by atoms with Gasteiger partial charge in [0.25, 0.3) is 0 Å². The minimum Gasteiger partial charge on any atom is -0.478 e. The summed E-state index contributed by atoms with van der Waals surface area (Å²) in [7, 11) is -7.07. The van der Waals surface area contributed by atoms with Gasteiger partial charge in [0.2, 0.25) is 0 Å². The summed E-state index contributed by atoms with van der Waals surface area (Å²) in [4.78, 5) is 10.5. The van der Waals surface area contributed by atoms with E-state index in [1.54, 1.807) is 0 Å². The summed E-state index contributed by atoms with van der Waals surface area (Å²) < 4.78 is 46.3. The fourth-order valence-corrected chi connectivity index (χ4v) is 4.27. The second-order valence-electron chi connectivity index (χ2n) is 3.88. The molecule has 0 unspecified atom stereocenters. The van der Waals surface area contributed by atoms with Gasteiger partial charge in [-0.2, -0.15) is 0 Å². The molecule has 1 aromatic rings. The second-order valence-corrected chi connectivity index (χ2v) is 8.47. The quantitative estimate of drug-likeness (QED) is 0.824. The van der Waals surface area contributed by atoms with Crippen molar-refractivity contribution in [2.24, 2.45) is 0 Å². The molecule has 0 bridgehead atoms. The Morgan fingerprint density at radius 3 is 2.00 bits per heavy atom. The Morgan fingerprint density at radius 2 is 1.58 bits per heavy atom. The van der Waals surface area contributed by atoms with Gasteiger partial charge in [-0.05, 0) is 24.3 Å². The van der Waals surface area contributed by atoms with Gasteiger partial charge in [0.05, 0.1) is 22.0 Å². The van der Waals surface area contributed by atoms with Crippen LogP contribution in [0.25, 0.3) is 0 Å². The smallest absolute Gasteiger partial charge is 0.335 e. The van der Waals surface area contributed by atoms with Crippen LogP contribution in [-0.4, -0.2) is 45.2 Å². The first-order chi connectivity index (χ1) is 8.68. The summed E-state index contributed by atoms with van der Waals surface area (Å²) in [5.41, 5.74) is -0.0277. The lowest BCUT2D eigenvalue weighted by atomic mass is 10.2. The molecule has 0 aromatic heterocycles. The number of rotatable bonds is 6. The average molecular weight is 306 g/mol. The Bertz CT molecular complexity index is 656. The Labute approximate surface area is 111 Å². The molecule has 0 spiro atoms. The van der Waals surface area contributed by atoms with Crippen molar-refractivity contribution < 1.29 is 26.7 Å². The van der Waals surface area contributed by atoms with Crippen LogP contribution < -0.4 is 0 Å². The van der Waals surface area contributed by atoms with E-state index in [1.165, 1.54) is 19.1 Å². The highest BCUT2D eigenvalue weighted by Crippen LogP contribution is 2.13. The number of carboxylic acid groups (broad SMARTS) is 1. The number of benzene rings is 1. The van der Waals surface area contributed by atoms with E-state index in [-0.39, 0.29) is 16.2 Å². The Hall–Kier alpha value is -1.41. The van der Waals surface area contributed by atoms with E-state index in [0.717, 1.165) is 12.1 Å². The molecule has 19 heavy (non-hydrogen) atoms. The summed E-state index contributed by atoms with van der Waals surface area (Å²) in [6.45, 7) is 1.45. The van der Waals surface area contributed by atoms with Crippen molar-refractivity contribution in [1.82, 2.24) is 0 Å². The number of carboxylic acids is 1. The molecule has 0 amide bonds. The molecule has 0 radical (unpaired) electrons. The standard InChI is InChI=1S/C11H14O6S2/c1-2-18(14,15)7-8-19(16,17)10-5-3-9(4-6-10)11(12)13/h3-6H,2,7-8H2,1H3,(H,12,13). The predicted octanol–water partition coefficient (Wildman–Crippen LogP) is 0.593. The number of sulfone groups is 2. The SMILES string of the molecule is CCS(=O)(=O)CCS(=O)(=O)c1ccc(C(=O)O)cc1. The lowest BCUT2D eigenvalue weighted by Gasteiger charge is -2.05. The molecule has 0 atom stereocenters. The lowest BCUT2D eigenvalue weighted by Crippen LogP contribution is -2.18. The van der Waals surface area contributed by atoms with Crippen molar-refractivity contribution in [2.75, 3.05) is 17.3 Å². The summed E-state index contributed by atoms with van der Waals surface area (Å²) in [5, 5.41) is 8.69. The van der Waals surface area contributed by atoms with Gasteiger partial charge in [0.1, 0.15) is 0 Å². The molecule has 1 aromatic carbocycles. The number of carbonyl (C=O) groups is 1. The van der Waals surface area contributed by atoms with Gasteiger partial charge in [-0.1, -0.05) is 6.92 Å². The van der Waals surface area contributed by atoms with Crippen molar-refractivity contribution in [1.29, 1.82) is 0 Å². The van der Waals surface area contributed by atoms with Crippen LogP contribution in [0, 0.1) is 0 Å². The predicted molar refractivity (Wildman–Crippen MR) is 69.8 cm³/mol. The number of hydrogen-bond acceptors (Lipinski definition) is 5. The Balaban J connectivity index is 2.92. The van der Waals surface area contributed by atoms with Crippen molar-refractivity contribution in [3.8, 4) is 0 Å². The summed E-state index contributed by atoms with van der Waals surface area (Å²) in [6.07, 6.45) is 0. The van der Waals surface area contributed by atoms with Crippen LogP contribution in [0.5, 0.6) is 0 Å². The van der Waals surface area contributed by atoms with Gasteiger partial charge in [-0.25, -0.2) is 21.6 Å². The van der Waals surface area contributed by atoms with Crippen LogP contribution >= 0.6 is 0 Å². The Morgan fingerprint density at radius 1 is 1.05 bits per heavy atom. The minimum atomic E-state index is -3.72. The van der Waals surface area contributed by atoms with E-state index >= 15 is 0 Å². The molecular formula is C11H14O6S2. The van der Waals surface area contributed by atoms with E-state index in [9.17, 15) is 21.6 Å². The summed E-state index contributed by atoms with van der Waals surface area (Å²) in [5.74, 6) is -2.21. The van der Waals surface area contributed by atoms with Crippen LogP contribution in [0.3, 0.4) is 0 Å². The van der Waals surface area contributed by atoms with E-state index in [2.05, 4.69) is 0 Å². The maximum atomic E-state index is 11.9. The first kappa shape index (κ1) is 15.6. The monoisotopic (exact) mass is 306 g/mol.